The summed E-state index contributed by atoms with van der Waals surface area (Å²) in [7, 11) is 0. The Kier molecular flexibility index (Phi) is 4.58. The number of alkyl halides is 3. The average Bonchev–Trinajstić information content (AvgIpc) is 2.46. The van der Waals surface area contributed by atoms with Gasteiger partial charge in [-0.15, -0.1) is 0 Å². The van der Waals surface area contributed by atoms with Crippen LogP contribution in [0.1, 0.15) is 37.5 Å². The van der Waals surface area contributed by atoms with Crippen LogP contribution in [0.4, 0.5) is 13.2 Å². The lowest BCUT2D eigenvalue weighted by Crippen LogP contribution is -2.44. The highest BCUT2D eigenvalue weighted by Gasteiger charge is 2.54. The third-order valence-electron chi connectivity index (χ3n) is 4.00. The number of halogens is 3. The molecule has 2 aromatic carbocycles. The van der Waals surface area contributed by atoms with Crippen molar-refractivity contribution in [2.45, 2.75) is 44.4 Å². The molecule has 0 bridgehead atoms. The van der Waals surface area contributed by atoms with Gasteiger partial charge < -0.3 is 5.11 Å². The Labute approximate surface area is 134 Å². The topological polar surface area (TPSA) is 20.2 Å². The van der Waals surface area contributed by atoms with Crippen LogP contribution < -0.4 is 0 Å². The molecule has 2 aromatic rings. The highest BCUT2D eigenvalue weighted by Crippen LogP contribution is 2.42. The summed E-state index contributed by atoms with van der Waals surface area (Å²) < 4.78 is 40.7. The zero-order valence-corrected chi connectivity index (χ0v) is 13.5. The predicted octanol–water partition coefficient (Wildman–Crippen LogP) is 4.98. The molecule has 0 saturated heterocycles. The van der Waals surface area contributed by atoms with E-state index in [1.807, 2.05) is 20.8 Å². The molecule has 2 rings (SSSR count). The van der Waals surface area contributed by atoms with Crippen LogP contribution in [0.15, 0.2) is 54.6 Å². The molecular formula is C19H21F3O. The van der Waals surface area contributed by atoms with E-state index in [4.69, 9.17) is 0 Å². The molecule has 23 heavy (non-hydrogen) atoms. The van der Waals surface area contributed by atoms with E-state index in [2.05, 4.69) is 0 Å². The Morgan fingerprint density at radius 1 is 0.783 bits per heavy atom. The molecule has 0 radical (unpaired) electrons. The summed E-state index contributed by atoms with van der Waals surface area (Å²) in [6, 6.07) is 14.3. The summed E-state index contributed by atoms with van der Waals surface area (Å²) in [5, 5.41) is 10.4. The van der Waals surface area contributed by atoms with Crippen LogP contribution in [0.3, 0.4) is 0 Å². The standard InChI is InChI=1S/C19H21F3O/c1-17(2,3)15-9-11-16(12-10-15)18(23,19(20,21)22)13-14-7-5-4-6-8-14/h4-12,23H,13H2,1-3H3. The van der Waals surface area contributed by atoms with Gasteiger partial charge in [-0.25, -0.2) is 0 Å². The second kappa shape index (κ2) is 6.00. The summed E-state index contributed by atoms with van der Waals surface area (Å²) in [4.78, 5) is 0. The first-order valence-corrected chi connectivity index (χ1v) is 7.48. The van der Waals surface area contributed by atoms with Crippen molar-refractivity contribution in [1.29, 1.82) is 0 Å². The number of aliphatic hydroxyl groups is 1. The monoisotopic (exact) mass is 322 g/mol. The minimum absolute atomic E-state index is 0.137. The number of rotatable bonds is 3. The minimum Gasteiger partial charge on any atom is -0.376 e. The first kappa shape index (κ1) is 17.5. The van der Waals surface area contributed by atoms with Gasteiger partial charge in [0, 0.05) is 6.42 Å². The molecule has 0 aromatic heterocycles. The SMILES string of the molecule is CC(C)(C)c1ccc(C(O)(Cc2ccccc2)C(F)(F)F)cc1. The van der Waals surface area contributed by atoms with Crippen molar-refractivity contribution >= 4 is 0 Å². The largest absolute Gasteiger partial charge is 0.421 e. The predicted molar refractivity (Wildman–Crippen MR) is 85.2 cm³/mol. The lowest BCUT2D eigenvalue weighted by atomic mass is 9.82. The van der Waals surface area contributed by atoms with Crippen LogP contribution in [-0.4, -0.2) is 11.3 Å². The molecule has 0 aliphatic rings. The molecule has 0 spiro atoms. The highest BCUT2D eigenvalue weighted by atomic mass is 19.4. The Morgan fingerprint density at radius 3 is 1.70 bits per heavy atom. The number of benzene rings is 2. The average molecular weight is 322 g/mol. The molecule has 1 unspecified atom stereocenters. The fourth-order valence-electron chi connectivity index (χ4n) is 2.50. The van der Waals surface area contributed by atoms with Crippen molar-refractivity contribution in [3.63, 3.8) is 0 Å². The molecule has 124 valence electrons. The highest BCUT2D eigenvalue weighted by molar-refractivity contribution is 5.33. The van der Waals surface area contributed by atoms with E-state index in [1.54, 1.807) is 42.5 Å². The molecule has 0 fully saturated rings. The molecule has 0 aliphatic carbocycles. The zero-order valence-electron chi connectivity index (χ0n) is 13.5. The van der Waals surface area contributed by atoms with Crippen molar-refractivity contribution < 1.29 is 18.3 Å². The van der Waals surface area contributed by atoms with Gasteiger partial charge in [0.15, 0.2) is 5.60 Å². The van der Waals surface area contributed by atoms with E-state index in [-0.39, 0.29) is 11.0 Å². The van der Waals surface area contributed by atoms with Gasteiger partial charge in [0.05, 0.1) is 0 Å². The molecule has 0 aliphatic heterocycles. The van der Waals surface area contributed by atoms with Gasteiger partial charge in [-0.1, -0.05) is 75.4 Å². The van der Waals surface area contributed by atoms with E-state index in [1.165, 1.54) is 12.1 Å². The van der Waals surface area contributed by atoms with Crippen molar-refractivity contribution in [3.8, 4) is 0 Å². The van der Waals surface area contributed by atoms with Crippen LogP contribution in [0.2, 0.25) is 0 Å². The van der Waals surface area contributed by atoms with E-state index < -0.39 is 18.2 Å². The summed E-state index contributed by atoms with van der Waals surface area (Å²) in [6.45, 7) is 5.96. The second-order valence-electron chi connectivity index (χ2n) is 6.85. The van der Waals surface area contributed by atoms with Gasteiger partial charge in [0.25, 0.3) is 0 Å². The van der Waals surface area contributed by atoms with Gasteiger partial charge in [0.1, 0.15) is 0 Å². The van der Waals surface area contributed by atoms with E-state index in [0.717, 1.165) is 5.56 Å². The van der Waals surface area contributed by atoms with Crippen LogP contribution in [0, 0.1) is 0 Å². The quantitative estimate of drug-likeness (QED) is 0.845. The number of hydrogen-bond acceptors (Lipinski definition) is 1. The summed E-state index contributed by atoms with van der Waals surface area (Å²) in [5.41, 5.74) is -1.83. The summed E-state index contributed by atoms with van der Waals surface area (Å²) >= 11 is 0. The normalized spacial score (nSPS) is 15.3. The van der Waals surface area contributed by atoms with Gasteiger partial charge in [-0.3, -0.25) is 0 Å². The van der Waals surface area contributed by atoms with Crippen molar-refractivity contribution in [1.82, 2.24) is 0 Å². The molecule has 1 atom stereocenters. The third kappa shape index (κ3) is 3.75. The maximum absolute atomic E-state index is 13.6. The summed E-state index contributed by atoms with van der Waals surface area (Å²) in [5.74, 6) is 0. The second-order valence-corrected chi connectivity index (χ2v) is 6.85. The van der Waals surface area contributed by atoms with Gasteiger partial charge >= 0.3 is 6.18 Å². The Balaban J connectivity index is 2.43. The van der Waals surface area contributed by atoms with Crippen molar-refractivity contribution in [2.24, 2.45) is 0 Å². The maximum Gasteiger partial charge on any atom is 0.421 e. The molecular weight excluding hydrogens is 301 g/mol. The van der Waals surface area contributed by atoms with Crippen LogP contribution in [0.25, 0.3) is 0 Å². The summed E-state index contributed by atoms with van der Waals surface area (Å²) in [6.07, 6.45) is -5.27. The fourth-order valence-corrected chi connectivity index (χ4v) is 2.50. The Bertz CT molecular complexity index is 639. The Morgan fingerprint density at radius 2 is 1.26 bits per heavy atom. The first-order valence-electron chi connectivity index (χ1n) is 7.48. The molecule has 4 heteroatoms. The van der Waals surface area contributed by atoms with Crippen molar-refractivity contribution in [2.75, 3.05) is 0 Å². The van der Waals surface area contributed by atoms with Crippen LogP contribution in [0.5, 0.6) is 0 Å². The lowest BCUT2D eigenvalue weighted by Gasteiger charge is -2.32. The zero-order chi connectivity index (χ0) is 17.3. The number of hydrogen-bond donors (Lipinski definition) is 1. The molecule has 0 saturated carbocycles. The third-order valence-corrected chi connectivity index (χ3v) is 4.00. The Hall–Kier alpha value is -1.81. The molecule has 0 amide bonds. The van der Waals surface area contributed by atoms with Crippen LogP contribution >= 0.6 is 0 Å². The van der Waals surface area contributed by atoms with E-state index in [0.29, 0.717) is 5.56 Å². The van der Waals surface area contributed by atoms with Crippen molar-refractivity contribution in [3.05, 3.63) is 71.3 Å². The van der Waals surface area contributed by atoms with E-state index >= 15 is 0 Å². The smallest absolute Gasteiger partial charge is 0.376 e. The maximum atomic E-state index is 13.6. The molecule has 0 heterocycles. The van der Waals surface area contributed by atoms with Crippen LogP contribution in [-0.2, 0) is 17.4 Å². The minimum atomic E-state index is -4.76. The molecule has 1 N–H and O–H groups in total. The first-order chi connectivity index (χ1) is 10.5. The van der Waals surface area contributed by atoms with Gasteiger partial charge in [-0.2, -0.15) is 13.2 Å². The fraction of sp³-hybridized carbons (Fsp3) is 0.368. The molecule has 1 nitrogen and oxygen atoms in total. The van der Waals surface area contributed by atoms with Gasteiger partial charge in [-0.05, 0) is 22.1 Å². The van der Waals surface area contributed by atoms with Gasteiger partial charge in [0.2, 0.25) is 0 Å². The van der Waals surface area contributed by atoms with E-state index in [9.17, 15) is 18.3 Å². The lowest BCUT2D eigenvalue weighted by molar-refractivity contribution is -0.266.